The van der Waals surface area contributed by atoms with Crippen LogP contribution < -0.4 is 5.32 Å². The summed E-state index contributed by atoms with van der Waals surface area (Å²) in [5.41, 5.74) is 3.07. The van der Waals surface area contributed by atoms with Crippen molar-refractivity contribution in [1.82, 2.24) is 10.2 Å². The number of thioether (sulfide) groups is 1. The minimum Gasteiger partial charge on any atom is -0.352 e. The van der Waals surface area contributed by atoms with Crippen LogP contribution in [-0.2, 0) is 21.9 Å². The van der Waals surface area contributed by atoms with Gasteiger partial charge in [0.05, 0.1) is 5.75 Å². The summed E-state index contributed by atoms with van der Waals surface area (Å²) in [6.07, 6.45) is 0.835. The Kier molecular flexibility index (Phi) is 10.2. The molecule has 0 saturated carbocycles. The average Bonchev–Trinajstić information content (AvgIpc) is 2.74. The van der Waals surface area contributed by atoms with E-state index >= 15 is 0 Å². The highest BCUT2D eigenvalue weighted by Gasteiger charge is 2.26. The molecule has 31 heavy (non-hydrogen) atoms. The van der Waals surface area contributed by atoms with E-state index in [2.05, 4.69) is 5.32 Å². The first-order valence-electron chi connectivity index (χ1n) is 10.4. The van der Waals surface area contributed by atoms with Crippen LogP contribution in [0.2, 0.25) is 10.0 Å². The lowest BCUT2D eigenvalue weighted by atomic mass is 10.1. The summed E-state index contributed by atoms with van der Waals surface area (Å²) >= 11 is 13.7. The number of hydrogen-bond acceptors (Lipinski definition) is 3. The summed E-state index contributed by atoms with van der Waals surface area (Å²) in [6, 6.07) is 12.9. The minimum atomic E-state index is -0.567. The molecule has 0 unspecified atom stereocenters. The van der Waals surface area contributed by atoms with E-state index in [0.717, 1.165) is 23.1 Å². The van der Waals surface area contributed by atoms with Crippen molar-refractivity contribution in [2.75, 3.05) is 5.75 Å². The van der Waals surface area contributed by atoms with Crippen molar-refractivity contribution in [2.24, 2.45) is 0 Å². The predicted octanol–water partition coefficient (Wildman–Crippen LogP) is 5.87. The molecule has 0 fully saturated rings. The van der Waals surface area contributed by atoms with Gasteiger partial charge in [0.15, 0.2) is 0 Å². The molecule has 2 aromatic rings. The van der Waals surface area contributed by atoms with Crippen molar-refractivity contribution < 1.29 is 9.59 Å². The molecule has 0 saturated heterocycles. The number of carbonyl (C=O) groups is 2. The van der Waals surface area contributed by atoms with Gasteiger partial charge in [-0.05, 0) is 50.5 Å². The van der Waals surface area contributed by atoms with Gasteiger partial charge in [0.1, 0.15) is 6.04 Å². The van der Waals surface area contributed by atoms with E-state index in [1.54, 1.807) is 24.0 Å². The Balaban J connectivity index is 2.08. The molecule has 0 aliphatic rings. The lowest BCUT2D eigenvalue weighted by Crippen LogP contribution is -2.50. The second-order valence-corrected chi connectivity index (χ2v) is 9.56. The third-order valence-electron chi connectivity index (χ3n) is 5.14. The van der Waals surface area contributed by atoms with Crippen LogP contribution in [0, 0.1) is 6.92 Å². The van der Waals surface area contributed by atoms with Crippen molar-refractivity contribution in [3.05, 3.63) is 69.2 Å². The SMILES string of the molecule is CC[C@H](C)NC(=O)[C@@H](C)N(Cc1ccc(C)cc1)C(=O)CSCc1ccc(Cl)cc1Cl. The highest BCUT2D eigenvalue weighted by atomic mass is 35.5. The topological polar surface area (TPSA) is 49.4 Å². The number of halogens is 2. The fraction of sp³-hybridized carbons (Fsp3) is 0.417. The lowest BCUT2D eigenvalue weighted by Gasteiger charge is -2.29. The third kappa shape index (κ3) is 8.06. The maximum atomic E-state index is 13.1. The Labute approximate surface area is 199 Å². The molecule has 7 heteroatoms. The predicted molar refractivity (Wildman–Crippen MR) is 132 cm³/mol. The van der Waals surface area contributed by atoms with E-state index in [1.165, 1.54) is 11.8 Å². The smallest absolute Gasteiger partial charge is 0.242 e. The van der Waals surface area contributed by atoms with Gasteiger partial charge < -0.3 is 10.2 Å². The molecule has 0 spiro atoms. The first-order valence-corrected chi connectivity index (χ1v) is 12.3. The number of carbonyl (C=O) groups excluding carboxylic acids is 2. The average molecular weight is 481 g/mol. The normalized spacial score (nSPS) is 12.8. The molecule has 2 rings (SSSR count). The number of nitrogens with one attached hydrogen (secondary N) is 1. The first kappa shape index (κ1) is 25.6. The van der Waals surface area contributed by atoms with Gasteiger partial charge in [-0.15, -0.1) is 11.8 Å². The van der Waals surface area contributed by atoms with E-state index < -0.39 is 6.04 Å². The molecule has 0 aromatic heterocycles. The van der Waals surface area contributed by atoms with Crippen LogP contribution in [-0.4, -0.2) is 34.6 Å². The zero-order valence-electron chi connectivity index (χ0n) is 18.5. The van der Waals surface area contributed by atoms with Gasteiger partial charge in [-0.25, -0.2) is 0 Å². The Morgan fingerprint density at radius 3 is 2.39 bits per heavy atom. The van der Waals surface area contributed by atoms with Crippen LogP contribution in [0.3, 0.4) is 0 Å². The molecule has 0 heterocycles. The van der Waals surface area contributed by atoms with Gasteiger partial charge in [0, 0.05) is 28.4 Å². The van der Waals surface area contributed by atoms with Gasteiger partial charge in [0.25, 0.3) is 0 Å². The molecule has 168 valence electrons. The van der Waals surface area contributed by atoms with Crippen molar-refractivity contribution in [2.45, 2.75) is 58.5 Å². The lowest BCUT2D eigenvalue weighted by molar-refractivity contribution is -0.138. The second kappa shape index (κ2) is 12.4. The zero-order chi connectivity index (χ0) is 23.0. The summed E-state index contributed by atoms with van der Waals surface area (Å²) in [6.45, 7) is 8.17. The molecular weight excluding hydrogens is 451 g/mol. The van der Waals surface area contributed by atoms with Crippen LogP contribution >= 0.6 is 35.0 Å². The molecule has 2 amide bonds. The van der Waals surface area contributed by atoms with Gasteiger partial charge >= 0.3 is 0 Å². The standard InChI is InChI=1S/C24H30Cl2N2O2S/c1-5-17(3)27-24(30)18(4)28(13-19-8-6-16(2)7-9-19)23(29)15-31-14-20-10-11-21(25)12-22(20)26/h6-12,17-18H,5,13-15H2,1-4H3,(H,27,30)/t17-,18+/m0/s1. The molecule has 2 aromatic carbocycles. The fourth-order valence-corrected chi connectivity index (χ4v) is 4.38. The second-order valence-electron chi connectivity index (χ2n) is 7.73. The largest absolute Gasteiger partial charge is 0.352 e. The van der Waals surface area contributed by atoms with Gasteiger partial charge in [-0.2, -0.15) is 0 Å². The van der Waals surface area contributed by atoms with Gasteiger partial charge in [0.2, 0.25) is 11.8 Å². The maximum absolute atomic E-state index is 13.1. The molecule has 4 nitrogen and oxygen atoms in total. The summed E-state index contributed by atoms with van der Waals surface area (Å²) in [5.74, 6) is 0.627. The number of hydrogen-bond donors (Lipinski definition) is 1. The summed E-state index contributed by atoms with van der Waals surface area (Å²) < 4.78 is 0. The van der Waals surface area contributed by atoms with Crippen LogP contribution in [0.4, 0.5) is 0 Å². The number of nitrogens with zero attached hydrogens (tertiary/aromatic N) is 1. The minimum absolute atomic E-state index is 0.0627. The molecule has 1 N–H and O–H groups in total. The van der Waals surface area contributed by atoms with Crippen molar-refractivity contribution in [3.8, 4) is 0 Å². The third-order valence-corrected chi connectivity index (χ3v) is 6.69. The summed E-state index contributed by atoms with van der Waals surface area (Å²) in [7, 11) is 0. The number of amides is 2. The molecular formula is C24H30Cl2N2O2S. The molecule has 0 aliphatic heterocycles. The highest BCUT2D eigenvalue weighted by Crippen LogP contribution is 2.25. The van der Waals surface area contributed by atoms with E-state index in [9.17, 15) is 9.59 Å². The van der Waals surface area contributed by atoms with Crippen LogP contribution in [0.15, 0.2) is 42.5 Å². The van der Waals surface area contributed by atoms with Crippen molar-refractivity contribution in [3.63, 3.8) is 0 Å². The van der Waals surface area contributed by atoms with Crippen molar-refractivity contribution >= 4 is 46.8 Å². The Hall–Kier alpha value is -1.69. The first-order chi connectivity index (χ1) is 14.7. The fourth-order valence-electron chi connectivity index (χ4n) is 2.91. The quantitative estimate of drug-likeness (QED) is 0.462. The van der Waals surface area contributed by atoms with Crippen LogP contribution in [0.1, 0.15) is 43.9 Å². The monoisotopic (exact) mass is 480 g/mol. The van der Waals surface area contributed by atoms with E-state index in [4.69, 9.17) is 23.2 Å². The maximum Gasteiger partial charge on any atom is 0.242 e. The van der Waals surface area contributed by atoms with E-state index in [1.807, 2.05) is 51.1 Å². The number of benzene rings is 2. The van der Waals surface area contributed by atoms with Crippen molar-refractivity contribution in [1.29, 1.82) is 0 Å². The van der Waals surface area contributed by atoms with Gasteiger partial charge in [-0.3, -0.25) is 9.59 Å². The molecule has 0 radical (unpaired) electrons. The Morgan fingerprint density at radius 1 is 1.10 bits per heavy atom. The summed E-state index contributed by atoms with van der Waals surface area (Å²) in [5, 5.41) is 4.16. The number of aryl methyl sites for hydroxylation is 1. The highest BCUT2D eigenvalue weighted by molar-refractivity contribution is 7.99. The Bertz CT molecular complexity index is 890. The Morgan fingerprint density at radius 2 is 1.77 bits per heavy atom. The van der Waals surface area contributed by atoms with Crippen LogP contribution in [0.25, 0.3) is 0 Å². The van der Waals surface area contributed by atoms with E-state index in [0.29, 0.717) is 22.3 Å². The van der Waals surface area contributed by atoms with E-state index in [-0.39, 0.29) is 23.6 Å². The summed E-state index contributed by atoms with van der Waals surface area (Å²) in [4.78, 5) is 27.5. The number of rotatable bonds is 10. The van der Waals surface area contributed by atoms with Gasteiger partial charge in [-0.1, -0.05) is 66.0 Å². The zero-order valence-corrected chi connectivity index (χ0v) is 20.8. The molecule has 0 aliphatic carbocycles. The molecule has 2 atom stereocenters. The molecule has 0 bridgehead atoms. The van der Waals surface area contributed by atoms with Crippen LogP contribution in [0.5, 0.6) is 0 Å².